The van der Waals surface area contributed by atoms with E-state index < -0.39 is 5.97 Å². The van der Waals surface area contributed by atoms with Gasteiger partial charge in [0.15, 0.2) is 0 Å². The van der Waals surface area contributed by atoms with Gasteiger partial charge >= 0.3 is 5.97 Å². The Morgan fingerprint density at radius 2 is 0.978 bits per heavy atom. The van der Waals surface area contributed by atoms with E-state index in [1.807, 2.05) is 65.8 Å². The van der Waals surface area contributed by atoms with Crippen molar-refractivity contribution in [2.24, 2.45) is 5.73 Å². The van der Waals surface area contributed by atoms with Gasteiger partial charge in [-0.3, -0.25) is 14.4 Å². The minimum absolute atomic E-state index is 0.0648. The average Bonchev–Trinajstić information content (AvgIpc) is 1.66. The van der Waals surface area contributed by atoms with Gasteiger partial charge in [0, 0.05) is 180 Å². The van der Waals surface area contributed by atoms with E-state index >= 15 is 0 Å². The number of carbonyl (C=O) groups excluding carboxylic acids is 1. The monoisotopic (exact) mass is 1210 g/mol. The molecular formula is C72H94N8O9. The van der Waals surface area contributed by atoms with Crippen molar-refractivity contribution in [2.45, 2.75) is 143 Å². The topological polar surface area (TPSA) is 208 Å². The van der Waals surface area contributed by atoms with Crippen molar-refractivity contribution in [2.75, 3.05) is 113 Å². The first-order valence-electron chi connectivity index (χ1n) is 32.2. The van der Waals surface area contributed by atoms with E-state index in [-0.39, 0.29) is 34.4 Å². The van der Waals surface area contributed by atoms with E-state index in [1.54, 1.807) is 0 Å². The van der Waals surface area contributed by atoms with Gasteiger partial charge in [-0.25, -0.2) is 4.79 Å². The summed E-state index contributed by atoms with van der Waals surface area (Å²) in [6, 6.07) is 26.5. The van der Waals surface area contributed by atoms with Gasteiger partial charge in [0.05, 0.1) is 5.56 Å². The molecule has 0 radical (unpaired) electrons. The van der Waals surface area contributed by atoms with Crippen LogP contribution in [0.5, 0.6) is 0 Å². The van der Waals surface area contributed by atoms with E-state index in [1.165, 1.54) is 22.5 Å². The Kier molecular flexibility index (Phi) is 20.2. The second kappa shape index (κ2) is 27.9. The van der Waals surface area contributed by atoms with Gasteiger partial charge in [-0.1, -0.05) is 24.3 Å². The number of rotatable bonds is 13. The number of pyridine rings is 2. The highest BCUT2D eigenvalue weighted by atomic mass is 16.5. The van der Waals surface area contributed by atoms with E-state index in [0.29, 0.717) is 40.9 Å². The predicted molar refractivity (Wildman–Crippen MR) is 356 cm³/mol. The Hall–Kier alpha value is -7.28. The van der Waals surface area contributed by atoms with Gasteiger partial charge in [-0.15, -0.1) is 0 Å². The molecule has 17 nitrogen and oxygen atoms in total. The first-order valence-corrected chi connectivity index (χ1v) is 32.2. The van der Waals surface area contributed by atoms with Gasteiger partial charge in [0.25, 0.3) is 17.0 Å². The number of nitrogens with zero attached hydrogens (tertiary/aromatic N) is 4. The number of fused-ring (bicyclic) bond motifs is 4. The number of carbonyl (C=O) groups is 2. The van der Waals surface area contributed by atoms with E-state index in [4.69, 9.17) is 24.7 Å². The van der Waals surface area contributed by atoms with Crippen molar-refractivity contribution in [1.82, 2.24) is 15.3 Å². The minimum Gasteiger partial charge on any atom is -0.478 e. The molecule has 8 heterocycles. The maximum atomic E-state index is 13.9. The third-order valence-corrected chi connectivity index (χ3v) is 20.0. The SMILES string of the molecule is CCN(c1cc(-c2ccc3c(c2)N(C)CC32CCOCC2)cc(C(=O)NCc2c(C)cc(C)[nH]c2=O)c1C)C1CCOCC1.CCN(c1cc(-c2ccc3c(c2)N(C)CC32CCOCC2)cc(C(=O)O)c1C)C1CCOCC1.Cc1cc(C)c(CN)c(=O)[nH]1. The number of benzene rings is 4. The summed E-state index contributed by atoms with van der Waals surface area (Å²) in [4.78, 5) is 65.1. The second-order valence-corrected chi connectivity index (χ2v) is 25.6. The van der Waals surface area contributed by atoms with Crippen LogP contribution in [0.15, 0.2) is 82.4 Å². The molecule has 6 aliphatic rings. The number of hydrogen-bond acceptors (Lipinski definition) is 13. The maximum absolute atomic E-state index is 13.9. The number of H-pyrrole nitrogens is 2. The lowest BCUT2D eigenvalue weighted by Gasteiger charge is -2.37. The molecule has 6 N–H and O–H groups in total. The number of likely N-dealkylation sites (N-methyl/N-ethyl adjacent to an activating group) is 2. The first-order chi connectivity index (χ1) is 42.8. The molecule has 0 bridgehead atoms. The van der Waals surface area contributed by atoms with Crippen LogP contribution in [-0.2, 0) is 42.9 Å². The third-order valence-electron chi connectivity index (χ3n) is 20.0. The Labute approximate surface area is 525 Å². The third kappa shape index (κ3) is 13.6. The fraction of sp³-hybridized carbons (Fsp3) is 0.500. The van der Waals surface area contributed by atoms with Crippen LogP contribution < -0.4 is 41.8 Å². The number of aromatic amines is 2. The standard InChI is InChI=1S/C36H46N4O4.C28H36N2O4.C8H12N2O/c1-6-40(28-9-13-43-14-10-28)32-20-27(26-7-8-31-33(19-26)39(5)22-36(31)11-15-44-16-12-36)18-29(25(32)4)34(41)37-21-30-23(2)17-24(3)38-35(30)42;1-4-30(22-7-11-33-12-8-22)25-17-21(15-23(19(25)2)27(31)32)20-5-6-24-26(16-20)29(3)18-28(24)9-13-34-14-10-28;1-5-3-6(2)10-8(11)7(5)4-9/h7-8,17-20,28H,6,9-16,21-22H2,1-5H3,(H,37,41)(H,38,42);5-6,15-17,22H,4,7-14,18H2,1-3H3,(H,31,32);3H,4,9H2,1-2H3,(H,10,11). The lowest BCUT2D eigenvalue weighted by molar-refractivity contribution is 0.0554. The zero-order chi connectivity index (χ0) is 63.3. The Morgan fingerprint density at radius 1 is 0.573 bits per heavy atom. The van der Waals surface area contributed by atoms with Gasteiger partial charge in [-0.2, -0.15) is 0 Å². The first kappa shape index (κ1) is 64.7. The molecule has 12 rings (SSSR count). The molecule has 1 amide bonds. The summed E-state index contributed by atoms with van der Waals surface area (Å²) in [5.41, 5.74) is 24.7. The number of carboxylic acid groups (broad SMARTS) is 1. The quantitative estimate of drug-likeness (QED) is 0.0729. The zero-order valence-corrected chi connectivity index (χ0v) is 54.2. The zero-order valence-electron chi connectivity index (χ0n) is 54.2. The number of carboxylic acids is 1. The number of nitrogens with two attached hydrogens (primary N) is 1. The molecule has 4 fully saturated rings. The van der Waals surface area contributed by atoms with Gasteiger partial charge in [0.1, 0.15) is 0 Å². The number of hydrogen-bond donors (Lipinski definition) is 5. The van der Waals surface area contributed by atoms with Crippen LogP contribution in [-0.4, -0.2) is 132 Å². The summed E-state index contributed by atoms with van der Waals surface area (Å²) in [5, 5.41) is 13.1. The van der Waals surface area contributed by atoms with Crippen molar-refractivity contribution in [3.8, 4) is 22.3 Å². The van der Waals surface area contributed by atoms with Crippen molar-refractivity contribution in [3.63, 3.8) is 0 Å². The molecule has 4 saturated heterocycles. The number of amides is 1. The summed E-state index contributed by atoms with van der Waals surface area (Å²) in [7, 11) is 4.35. The van der Waals surface area contributed by atoms with Crippen LogP contribution in [0.1, 0.15) is 142 Å². The number of nitrogens with one attached hydrogen (secondary N) is 3. The summed E-state index contributed by atoms with van der Waals surface area (Å²) in [6.45, 7) is 26.3. The summed E-state index contributed by atoms with van der Waals surface area (Å²) in [6.07, 6.45) is 8.06. The van der Waals surface area contributed by atoms with Crippen molar-refractivity contribution in [3.05, 3.63) is 161 Å². The largest absolute Gasteiger partial charge is 0.478 e. The summed E-state index contributed by atoms with van der Waals surface area (Å²) in [5.74, 6) is -1.05. The Morgan fingerprint density at radius 3 is 1.38 bits per heavy atom. The van der Waals surface area contributed by atoms with E-state index in [9.17, 15) is 24.3 Å². The van der Waals surface area contributed by atoms with Crippen molar-refractivity contribution in [1.29, 1.82) is 0 Å². The smallest absolute Gasteiger partial charge is 0.336 e. The van der Waals surface area contributed by atoms with Crippen LogP contribution >= 0.6 is 0 Å². The van der Waals surface area contributed by atoms with E-state index in [0.717, 1.165) is 198 Å². The molecule has 0 atom stereocenters. The molecule has 6 aliphatic heterocycles. The summed E-state index contributed by atoms with van der Waals surface area (Å²) < 4.78 is 22.6. The number of ether oxygens (including phenoxy) is 4. The van der Waals surface area contributed by atoms with Crippen molar-refractivity contribution >= 4 is 34.6 Å². The fourth-order valence-electron chi connectivity index (χ4n) is 15.1. The van der Waals surface area contributed by atoms with Gasteiger partial charge < -0.3 is 64.7 Å². The highest BCUT2D eigenvalue weighted by Crippen LogP contribution is 2.50. The molecule has 0 saturated carbocycles. The van der Waals surface area contributed by atoms with Crippen LogP contribution in [0.25, 0.3) is 22.3 Å². The van der Waals surface area contributed by atoms with E-state index in [2.05, 4.69) is 111 Å². The number of aryl methyl sites for hydroxylation is 4. The van der Waals surface area contributed by atoms with Crippen LogP contribution in [0.2, 0.25) is 0 Å². The van der Waals surface area contributed by atoms with Crippen LogP contribution in [0.3, 0.4) is 0 Å². The normalized spacial score (nSPS) is 17.7. The molecule has 0 aliphatic carbocycles. The van der Waals surface area contributed by atoms with Crippen LogP contribution in [0, 0.1) is 41.5 Å². The van der Waals surface area contributed by atoms with Crippen LogP contribution in [0.4, 0.5) is 22.7 Å². The fourth-order valence-corrected chi connectivity index (χ4v) is 15.1. The molecule has 2 aromatic heterocycles. The average molecular weight is 1220 g/mol. The molecule has 0 unspecified atom stereocenters. The maximum Gasteiger partial charge on any atom is 0.336 e. The number of anilines is 4. The predicted octanol–water partition coefficient (Wildman–Crippen LogP) is 10.7. The molecule has 89 heavy (non-hydrogen) atoms. The van der Waals surface area contributed by atoms with Gasteiger partial charge in [-0.05, 0) is 211 Å². The Bertz CT molecular complexity index is 3660. The van der Waals surface area contributed by atoms with Crippen molar-refractivity contribution < 1.29 is 33.6 Å². The highest BCUT2D eigenvalue weighted by Gasteiger charge is 2.44. The molecule has 6 aromatic rings. The molecule has 4 aromatic carbocycles. The molecular weight excluding hydrogens is 1120 g/mol. The minimum atomic E-state index is -0.872. The Balaban J connectivity index is 0.000000171. The lowest BCUT2D eigenvalue weighted by atomic mass is 9.75. The highest BCUT2D eigenvalue weighted by molar-refractivity contribution is 5.99. The summed E-state index contributed by atoms with van der Waals surface area (Å²) >= 11 is 0. The van der Waals surface area contributed by atoms with Gasteiger partial charge in [0.2, 0.25) is 0 Å². The lowest BCUT2D eigenvalue weighted by Crippen LogP contribution is -2.40. The second-order valence-electron chi connectivity index (χ2n) is 25.6. The molecule has 476 valence electrons. The number of aromatic carboxylic acids is 1. The molecule has 2 spiro atoms. The number of aromatic nitrogens is 2. The molecule has 17 heteroatoms.